The lowest BCUT2D eigenvalue weighted by molar-refractivity contribution is -0.0530. The van der Waals surface area contributed by atoms with E-state index in [0.29, 0.717) is 28.4 Å². The smallest absolute Gasteiger partial charge is 0.415 e. The fourth-order valence-electron chi connectivity index (χ4n) is 2.60. The monoisotopic (exact) mass is 443 g/mol. The zero-order valence-corrected chi connectivity index (χ0v) is 17.9. The molecule has 0 spiro atoms. The van der Waals surface area contributed by atoms with E-state index in [2.05, 4.69) is 34.3 Å². The molecule has 1 aromatic carbocycles. The van der Waals surface area contributed by atoms with Crippen LogP contribution in [0.5, 0.6) is 5.88 Å². The van der Waals surface area contributed by atoms with Crippen LogP contribution in [-0.4, -0.2) is 35.8 Å². The molecule has 0 aliphatic carbocycles. The Bertz CT molecular complexity index is 1050. The van der Waals surface area contributed by atoms with Crippen LogP contribution in [0.25, 0.3) is 22.4 Å². The van der Waals surface area contributed by atoms with Crippen molar-refractivity contribution in [2.45, 2.75) is 39.0 Å². The summed E-state index contributed by atoms with van der Waals surface area (Å²) in [6.45, 7) is 4.24. The summed E-state index contributed by atoms with van der Waals surface area (Å²) in [6.07, 6.45) is 2.32. The number of hydrogen-bond acceptors (Lipinski definition) is 6. The summed E-state index contributed by atoms with van der Waals surface area (Å²) in [5, 5.41) is 0.314. The predicted octanol–water partition coefficient (Wildman–Crippen LogP) is 4.62. The van der Waals surface area contributed by atoms with Gasteiger partial charge in [-0.2, -0.15) is 8.78 Å². The molecule has 11 heteroatoms. The van der Waals surface area contributed by atoms with Crippen LogP contribution >= 0.6 is 11.6 Å². The Hall–Kier alpha value is -2.30. The molecule has 0 bridgehead atoms. The lowest BCUT2D eigenvalue weighted by Crippen LogP contribution is -2.23. The van der Waals surface area contributed by atoms with E-state index in [1.54, 1.807) is 12.1 Å². The first kappa shape index (κ1) is 21.4. The average Bonchev–Trinajstić information content (AvgIpc) is 2.96. The number of nitrogens with zero attached hydrogens (tertiary/aromatic N) is 3. The number of fused-ring (bicyclic) bond motifs is 1. The van der Waals surface area contributed by atoms with E-state index in [9.17, 15) is 13.6 Å². The van der Waals surface area contributed by atoms with Crippen molar-refractivity contribution in [3.8, 4) is 17.1 Å². The van der Waals surface area contributed by atoms with Gasteiger partial charge in [-0.25, -0.2) is 19.3 Å². The van der Waals surface area contributed by atoms with Gasteiger partial charge in [0.05, 0.1) is 23.1 Å². The zero-order valence-electron chi connectivity index (χ0n) is 16.1. The average molecular weight is 444 g/mol. The molecule has 0 aliphatic rings. The van der Waals surface area contributed by atoms with Crippen molar-refractivity contribution in [2.24, 2.45) is 0 Å². The molecule has 7 nitrogen and oxygen atoms in total. The van der Waals surface area contributed by atoms with Crippen molar-refractivity contribution in [1.82, 2.24) is 14.5 Å². The fraction of sp³-hybridized carbons (Fsp3) is 0.389. The first-order valence-electron chi connectivity index (χ1n) is 8.82. The number of benzene rings is 1. The van der Waals surface area contributed by atoms with E-state index in [4.69, 9.17) is 20.8 Å². The normalized spacial score (nSPS) is 12.1. The van der Waals surface area contributed by atoms with Crippen molar-refractivity contribution in [3.63, 3.8) is 0 Å². The minimum atomic E-state index is -3.00. The quantitative estimate of drug-likeness (QED) is 0.373. The fourth-order valence-corrected chi connectivity index (χ4v) is 3.60. The van der Waals surface area contributed by atoms with E-state index in [1.165, 1.54) is 10.8 Å². The Morgan fingerprint density at radius 3 is 2.62 bits per heavy atom. The van der Waals surface area contributed by atoms with Crippen LogP contribution in [0.4, 0.5) is 8.78 Å². The summed E-state index contributed by atoms with van der Waals surface area (Å²) in [4.78, 5) is 20.2. The largest absolute Gasteiger partial charge is 0.421 e. The van der Waals surface area contributed by atoms with E-state index in [0.717, 1.165) is 12.2 Å². The Morgan fingerprint density at radius 2 is 2.00 bits per heavy atom. The van der Waals surface area contributed by atoms with E-state index >= 15 is 0 Å². The van der Waals surface area contributed by atoms with E-state index in [-0.39, 0.29) is 18.2 Å². The third-order valence-corrected chi connectivity index (χ3v) is 6.10. The summed E-state index contributed by atoms with van der Waals surface area (Å²) in [5.41, 5.74) is 1.34. The molecular formula is C18H20ClF2N3O4Si. The Balaban J connectivity index is 1.91. The molecule has 0 radical (unpaired) electrons. The summed E-state index contributed by atoms with van der Waals surface area (Å²) in [5.74, 6) is -0.934. The number of aromatic nitrogens is 3. The number of rotatable bonds is 8. The molecule has 3 rings (SSSR count). The molecule has 0 saturated heterocycles. The van der Waals surface area contributed by atoms with Crippen molar-refractivity contribution < 1.29 is 22.7 Å². The van der Waals surface area contributed by atoms with Crippen molar-refractivity contribution in [3.05, 3.63) is 40.1 Å². The second kappa shape index (κ2) is 8.60. The predicted molar refractivity (Wildman–Crippen MR) is 107 cm³/mol. The molecule has 0 fully saturated rings. The maximum atomic E-state index is 12.4. The highest BCUT2D eigenvalue weighted by molar-refractivity contribution is 6.76. The second-order valence-electron chi connectivity index (χ2n) is 7.54. The summed E-state index contributed by atoms with van der Waals surface area (Å²) in [6, 6.07) is 4.17. The van der Waals surface area contributed by atoms with Gasteiger partial charge < -0.3 is 13.9 Å². The van der Waals surface area contributed by atoms with Crippen LogP contribution in [0.1, 0.15) is 0 Å². The molecule has 0 unspecified atom stereocenters. The van der Waals surface area contributed by atoms with Crippen LogP contribution < -0.4 is 10.5 Å². The zero-order chi connectivity index (χ0) is 21.2. The Morgan fingerprint density at radius 1 is 1.24 bits per heavy atom. The number of hydrogen-bond donors (Lipinski definition) is 0. The molecule has 0 amide bonds. The van der Waals surface area contributed by atoms with Gasteiger partial charge in [0.1, 0.15) is 12.2 Å². The molecule has 3 aromatic rings. The van der Waals surface area contributed by atoms with Crippen molar-refractivity contribution in [1.29, 1.82) is 0 Å². The van der Waals surface area contributed by atoms with Crippen molar-refractivity contribution >= 4 is 30.8 Å². The first-order chi connectivity index (χ1) is 13.7. The molecule has 0 aliphatic heterocycles. The van der Waals surface area contributed by atoms with Gasteiger partial charge in [0.25, 0.3) is 0 Å². The summed E-state index contributed by atoms with van der Waals surface area (Å²) in [7, 11) is -1.26. The first-order valence-corrected chi connectivity index (χ1v) is 12.9. The molecular weight excluding hydrogens is 424 g/mol. The number of oxazole rings is 1. The summed E-state index contributed by atoms with van der Waals surface area (Å²) < 4.78 is 41.1. The molecule has 2 aromatic heterocycles. The topological polar surface area (TPSA) is 79.4 Å². The van der Waals surface area contributed by atoms with Crippen LogP contribution in [0.15, 0.2) is 33.7 Å². The number of alkyl halides is 2. The van der Waals surface area contributed by atoms with Crippen LogP contribution in [0, 0.1) is 0 Å². The number of ether oxygens (including phenoxy) is 2. The standard InChI is InChI=1S/C18H20ClF2N3O4Si/c1-29(2,3)7-6-26-10-24-15-12(19)5-4-11(16(15)28-18(24)25)13-8-23-14(9-22-13)27-17(20)21/h4-5,8-9,17H,6-7,10H2,1-3H3. The maximum absolute atomic E-state index is 12.4. The SMILES string of the molecule is C[Si](C)(C)CCOCn1c(=O)oc2c(-c3cnc(OC(F)F)cn3)ccc(Cl)c21. The van der Waals surface area contributed by atoms with E-state index in [1.807, 2.05) is 0 Å². The summed E-state index contributed by atoms with van der Waals surface area (Å²) >= 11 is 6.30. The minimum Gasteiger partial charge on any atom is -0.415 e. The minimum absolute atomic E-state index is 0.00628. The molecule has 0 atom stereocenters. The van der Waals surface area contributed by atoms with E-state index < -0.39 is 20.4 Å². The Labute approximate surface area is 171 Å². The van der Waals surface area contributed by atoms with Gasteiger partial charge in [-0.1, -0.05) is 31.2 Å². The third kappa shape index (κ3) is 5.20. The van der Waals surface area contributed by atoms with Gasteiger partial charge >= 0.3 is 12.4 Å². The molecule has 156 valence electrons. The second-order valence-corrected chi connectivity index (χ2v) is 13.6. The maximum Gasteiger partial charge on any atom is 0.421 e. The van der Waals surface area contributed by atoms with Gasteiger partial charge in [-0.3, -0.25) is 0 Å². The van der Waals surface area contributed by atoms with Crippen LogP contribution in [0.2, 0.25) is 30.7 Å². The van der Waals surface area contributed by atoms with Gasteiger partial charge in [-0.15, -0.1) is 0 Å². The highest BCUT2D eigenvalue weighted by Gasteiger charge is 2.19. The van der Waals surface area contributed by atoms with Gasteiger partial charge in [0.15, 0.2) is 5.58 Å². The highest BCUT2D eigenvalue weighted by Crippen LogP contribution is 2.32. The molecule has 29 heavy (non-hydrogen) atoms. The molecule has 0 N–H and O–H groups in total. The van der Waals surface area contributed by atoms with Gasteiger partial charge in [0, 0.05) is 20.2 Å². The molecule has 2 heterocycles. The van der Waals surface area contributed by atoms with Gasteiger partial charge in [0.2, 0.25) is 5.88 Å². The van der Waals surface area contributed by atoms with Crippen LogP contribution in [-0.2, 0) is 11.5 Å². The van der Waals surface area contributed by atoms with Gasteiger partial charge in [-0.05, 0) is 18.2 Å². The lowest BCUT2D eigenvalue weighted by Gasteiger charge is -2.15. The number of halogens is 3. The van der Waals surface area contributed by atoms with Crippen LogP contribution in [0.3, 0.4) is 0 Å². The molecule has 0 saturated carbocycles. The lowest BCUT2D eigenvalue weighted by atomic mass is 10.1. The van der Waals surface area contributed by atoms with Crippen molar-refractivity contribution in [2.75, 3.05) is 6.61 Å². The highest BCUT2D eigenvalue weighted by atomic mass is 35.5. The third-order valence-electron chi connectivity index (χ3n) is 4.09. The Kier molecular flexibility index (Phi) is 6.35.